The Labute approximate surface area is 192 Å². The fourth-order valence-corrected chi connectivity index (χ4v) is 3.65. The van der Waals surface area contributed by atoms with Crippen molar-refractivity contribution >= 4 is 22.8 Å². The van der Waals surface area contributed by atoms with E-state index in [9.17, 15) is 13.6 Å². The predicted molar refractivity (Wildman–Crippen MR) is 122 cm³/mol. The fourth-order valence-electron chi connectivity index (χ4n) is 3.65. The maximum absolute atomic E-state index is 14.1. The lowest BCUT2D eigenvalue weighted by Crippen LogP contribution is -2.17. The SMILES string of the molecule is Cc1cc(NC(=O)c2ccc(F)cc2F)n(-c2ncnc3c2cnn3-c2ccc(C)c(C)c2)n1. The number of amides is 1. The third kappa shape index (κ3) is 3.68. The van der Waals surface area contributed by atoms with Gasteiger partial charge in [0.05, 0.1) is 28.5 Å². The van der Waals surface area contributed by atoms with Gasteiger partial charge in [-0.15, -0.1) is 0 Å². The summed E-state index contributed by atoms with van der Waals surface area (Å²) in [7, 11) is 0. The lowest BCUT2D eigenvalue weighted by molar-refractivity contribution is 0.102. The van der Waals surface area contributed by atoms with Gasteiger partial charge in [0.25, 0.3) is 5.91 Å². The van der Waals surface area contributed by atoms with E-state index in [-0.39, 0.29) is 11.4 Å². The van der Waals surface area contributed by atoms with Crippen molar-refractivity contribution in [2.24, 2.45) is 0 Å². The number of rotatable bonds is 4. The van der Waals surface area contributed by atoms with Crippen LogP contribution in [0.2, 0.25) is 0 Å². The molecule has 2 aromatic carbocycles. The van der Waals surface area contributed by atoms with E-state index in [1.807, 2.05) is 32.0 Å². The monoisotopic (exact) mass is 459 g/mol. The Bertz CT molecular complexity index is 1570. The Kier molecular flexibility index (Phi) is 5.12. The second kappa shape index (κ2) is 8.14. The van der Waals surface area contributed by atoms with E-state index in [4.69, 9.17) is 0 Å². The van der Waals surface area contributed by atoms with Crippen LogP contribution in [0.3, 0.4) is 0 Å². The van der Waals surface area contributed by atoms with Crippen molar-refractivity contribution in [3.05, 3.63) is 89.0 Å². The fraction of sp³-hybridized carbons (Fsp3) is 0.125. The summed E-state index contributed by atoms with van der Waals surface area (Å²) in [6.45, 7) is 5.81. The number of hydrogen-bond donors (Lipinski definition) is 1. The molecule has 3 aromatic heterocycles. The number of benzene rings is 2. The van der Waals surface area contributed by atoms with E-state index < -0.39 is 17.5 Å². The summed E-state index contributed by atoms with van der Waals surface area (Å²) in [6, 6.07) is 10.4. The summed E-state index contributed by atoms with van der Waals surface area (Å²) in [5.41, 5.74) is 4.00. The molecule has 8 nitrogen and oxygen atoms in total. The molecule has 0 aliphatic rings. The highest BCUT2D eigenvalue weighted by Crippen LogP contribution is 2.25. The molecule has 0 unspecified atom stereocenters. The lowest BCUT2D eigenvalue weighted by Gasteiger charge is -2.10. The van der Waals surface area contributed by atoms with Gasteiger partial charge < -0.3 is 5.32 Å². The van der Waals surface area contributed by atoms with Gasteiger partial charge in [0.2, 0.25) is 0 Å². The molecule has 34 heavy (non-hydrogen) atoms. The zero-order valence-electron chi connectivity index (χ0n) is 18.5. The molecule has 170 valence electrons. The Morgan fingerprint density at radius 1 is 0.941 bits per heavy atom. The summed E-state index contributed by atoms with van der Waals surface area (Å²) < 4.78 is 30.5. The second-order valence-electron chi connectivity index (χ2n) is 7.92. The van der Waals surface area contributed by atoms with Crippen LogP contribution in [0.1, 0.15) is 27.2 Å². The van der Waals surface area contributed by atoms with Crippen molar-refractivity contribution in [2.75, 3.05) is 5.32 Å². The van der Waals surface area contributed by atoms with Crippen LogP contribution in [0, 0.1) is 32.4 Å². The first-order chi connectivity index (χ1) is 16.3. The first-order valence-corrected chi connectivity index (χ1v) is 10.4. The van der Waals surface area contributed by atoms with E-state index in [0.29, 0.717) is 28.6 Å². The Balaban J connectivity index is 1.57. The summed E-state index contributed by atoms with van der Waals surface area (Å²) in [5.74, 6) is -1.80. The molecule has 1 amide bonds. The van der Waals surface area contributed by atoms with Crippen molar-refractivity contribution in [2.45, 2.75) is 20.8 Å². The average molecular weight is 459 g/mol. The molecule has 0 saturated carbocycles. The van der Waals surface area contributed by atoms with Crippen molar-refractivity contribution < 1.29 is 13.6 Å². The number of nitrogens with zero attached hydrogens (tertiary/aromatic N) is 6. The normalized spacial score (nSPS) is 11.2. The summed E-state index contributed by atoms with van der Waals surface area (Å²) >= 11 is 0. The van der Waals surface area contributed by atoms with Gasteiger partial charge in [-0.2, -0.15) is 14.9 Å². The van der Waals surface area contributed by atoms with E-state index in [0.717, 1.165) is 23.4 Å². The molecule has 0 saturated heterocycles. The molecule has 1 N–H and O–H groups in total. The molecule has 10 heteroatoms. The predicted octanol–water partition coefficient (Wildman–Crippen LogP) is 4.46. The molecule has 0 aliphatic heterocycles. The Hall–Kier alpha value is -4.47. The quantitative estimate of drug-likeness (QED) is 0.429. The average Bonchev–Trinajstić information content (AvgIpc) is 3.38. The van der Waals surface area contributed by atoms with Gasteiger partial charge in [-0.25, -0.2) is 23.4 Å². The smallest absolute Gasteiger partial charge is 0.259 e. The highest BCUT2D eigenvalue weighted by Gasteiger charge is 2.19. The number of carbonyl (C=O) groups excluding carboxylic acids is 1. The number of hydrogen-bond acceptors (Lipinski definition) is 5. The molecule has 0 atom stereocenters. The zero-order chi connectivity index (χ0) is 24.0. The van der Waals surface area contributed by atoms with Gasteiger partial charge in [-0.3, -0.25) is 4.79 Å². The minimum Gasteiger partial charge on any atom is -0.306 e. The molecule has 0 bridgehead atoms. The van der Waals surface area contributed by atoms with Crippen molar-refractivity contribution in [1.29, 1.82) is 0 Å². The van der Waals surface area contributed by atoms with Crippen molar-refractivity contribution in [3.8, 4) is 11.5 Å². The van der Waals surface area contributed by atoms with Crippen LogP contribution in [-0.2, 0) is 0 Å². The molecular formula is C24H19F2N7O. The van der Waals surface area contributed by atoms with Crippen molar-refractivity contribution in [1.82, 2.24) is 29.5 Å². The number of carbonyl (C=O) groups is 1. The molecular weight excluding hydrogens is 440 g/mol. The van der Waals surface area contributed by atoms with Crippen LogP contribution in [-0.4, -0.2) is 35.4 Å². The summed E-state index contributed by atoms with van der Waals surface area (Å²) in [6.07, 6.45) is 3.02. The van der Waals surface area contributed by atoms with E-state index in [1.54, 1.807) is 23.9 Å². The number of nitrogens with one attached hydrogen (secondary N) is 1. The number of anilines is 1. The maximum Gasteiger partial charge on any atom is 0.259 e. The van der Waals surface area contributed by atoms with Crippen LogP contribution in [0.25, 0.3) is 22.5 Å². The van der Waals surface area contributed by atoms with E-state index in [1.165, 1.54) is 16.6 Å². The third-order valence-electron chi connectivity index (χ3n) is 5.53. The number of halogens is 2. The van der Waals surface area contributed by atoms with Crippen LogP contribution >= 0.6 is 0 Å². The lowest BCUT2D eigenvalue weighted by atomic mass is 10.1. The summed E-state index contributed by atoms with van der Waals surface area (Å²) in [5, 5.41) is 12.2. The number of fused-ring (bicyclic) bond motifs is 1. The van der Waals surface area contributed by atoms with Gasteiger partial charge in [-0.05, 0) is 56.2 Å². The van der Waals surface area contributed by atoms with Crippen LogP contribution < -0.4 is 5.32 Å². The molecule has 3 heterocycles. The van der Waals surface area contributed by atoms with Crippen LogP contribution in [0.5, 0.6) is 0 Å². The van der Waals surface area contributed by atoms with E-state index >= 15 is 0 Å². The molecule has 0 radical (unpaired) electrons. The van der Waals surface area contributed by atoms with Gasteiger partial charge >= 0.3 is 0 Å². The van der Waals surface area contributed by atoms with Crippen molar-refractivity contribution in [3.63, 3.8) is 0 Å². The zero-order valence-corrected chi connectivity index (χ0v) is 18.5. The maximum atomic E-state index is 14.1. The summed E-state index contributed by atoms with van der Waals surface area (Å²) in [4.78, 5) is 21.4. The minimum absolute atomic E-state index is 0.269. The first-order valence-electron chi connectivity index (χ1n) is 10.4. The van der Waals surface area contributed by atoms with Gasteiger partial charge in [0, 0.05) is 12.1 Å². The van der Waals surface area contributed by atoms with Crippen LogP contribution in [0.15, 0.2) is 55.0 Å². The first kappa shape index (κ1) is 21.4. The molecule has 0 spiro atoms. The Morgan fingerprint density at radius 3 is 2.53 bits per heavy atom. The largest absolute Gasteiger partial charge is 0.306 e. The minimum atomic E-state index is -0.959. The topological polar surface area (TPSA) is 90.5 Å². The molecule has 5 rings (SSSR count). The van der Waals surface area contributed by atoms with Gasteiger partial charge in [0.15, 0.2) is 11.5 Å². The Morgan fingerprint density at radius 2 is 1.76 bits per heavy atom. The highest BCUT2D eigenvalue weighted by molar-refractivity contribution is 6.04. The number of aromatic nitrogens is 6. The van der Waals surface area contributed by atoms with Crippen LogP contribution in [0.4, 0.5) is 14.6 Å². The standard InChI is InChI=1S/C24H19F2N7O/c1-13-4-6-17(8-14(13)2)32-22-19(11-29-32)23(28-12-27-22)33-21(9-15(3)31-33)30-24(34)18-7-5-16(25)10-20(18)26/h4-12H,1-3H3,(H,30,34). The van der Waals surface area contributed by atoms with Gasteiger partial charge in [-0.1, -0.05) is 6.07 Å². The second-order valence-corrected chi connectivity index (χ2v) is 7.92. The molecule has 0 fully saturated rings. The third-order valence-corrected chi connectivity index (χ3v) is 5.53. The number of aryl methyl sites for hydroxylation is 3. The molecule has 5 aromatic rings. The van der Waals surface area contributed by atoms with Gasteiger partial charge in [0.1, 0.15) is 23.8 Å². The molecule has 0 aliphatic carbocycles. The highest BCUT2D eigenvalue weighted by atomic mass is 19.1. The van der Waals surface area contributed by atoms with E-state index in [2.05, 4.69) is 25.5 Å².